The van der Waals surface area contributed by atoms with Crippen molar-refractivity contribution < 1.29 is 29.9 Å². The van der Waals surface area contributed by atoms with Gasteiger partial charge in [-0.1, -0.05) is 49.4 Å². The molecule has 2 aromatic carbocycles. The zero-order valence-corrected chi connectivity index (χ0v) is 15.9. The summed E-state index contributed by atoms with van der Waals surface area (Å²) in [5.74, 6) is -4.22. The zero-order valence-electron chi connectivity index (χ0n) is 15.9. The molecule has 2 fully saturated rings. The molecule has 4 rings (SSSR count). The van der Waals surface area contributed by atoms with E-state index in [1.165, 1.54) is 11.4 Å². The topological polar surface area (TPSA) is 114 Å². The molecule has 2 aliphatic heterocycles. The zero-order chi connectivity index (χ0) is 20.8. The molecule has 4 atom stereocenters. The number of carbonyl (C=O) groups excluding carboxylic acids is 3. The van der Waals surface area contributed by atoms with Crippen LogP contribution in [0, 0.1) is 11.8 Å². The number of para-hydroxylation sites is 1. The molecule has 2 aromatic rings. The highest BCUT2D eigenvalue weighted by Crippen LogP contribution is 2.46. The third-order valence-corrected chi connectivity index (χ3v) is 6.31. The van der Waals surface area contributed by atoms with Crippen molar-refractivity contribution in [2.45, 2.75) is 31.5 Å². The fraction of sp³-hybridized carbons (Fsp3) is 0.318. The lowest BCUT2D eigenvalue weighted by Gasteiger charge is -2.31. The predicted octanol–water partition coefficient (Wildman–Crippen LogP) is -0.290. The summed E-state index contributed by atoms with van der Waals surface area (Å²) in [5, 5.41) is 24.1. The maximum Gasteiger partial charge on any atom is 0.240 e. The molecule has 2 amide bonds. The van der Waals surface area contributed by atoms with E-state index in [4.69, 9.17) is 0 Å². The van der Waals surface area contributed by atoms with Crippen molar-refractivity contribution in [2.75, 3.05) is 0 Å². The molecule has 2 heterocycles. The Hall–Kier alpha value is -3.19. The van der Waals surface area contributed by atoms with Gasteiger partial charge >= 0.3 is 0 Å². The van der Waals surface area contributed by atoms with Crippen LogP contribution in [-0.2, 0) is 20.9 Å². The number of phenols is 1. The lowest BCUT2D eigenvalue weighted by atomic mass is 9.78. The van der Waals surface area contributed by atoms with E-state index in [1.807, 2.05) is 30.3 Å². The Morgan fingerprint density at radius 1 is 1.10 bits per heavy atom. The van der Waals surface area contributed by atoms with E-state index in [1.54, 1.807) is 25.1 Å². The summed E-state index contributed by atoms with van der Waals surface area (Å²) in [6.45, 7) is 1.76. The van der Waals surface area contributed by atoms with Gasteiger partial charge in [-0.3, -0.25) is 14.5 Å². The van der Waals surface area contributed by atoms with E-state index in [2.05, 4.69) is 0 Å². The molecule has 150 valence electrons. The molecular weight excluding hydrogens is 372 g/mol. The number of nitrogens with zero attached hydrogens (tertiary/aromatic N) is 1. The first kappa shape index (κ1) is 19.1. The Labute approximate surface area is 168 Å². The van der Waals surface area contributed by atoms with Gasteiger partial charge in [0.05, 0.1) is 12.1 Å². The number of phenolic OH excluding ortho intramolecular Hbond substituents is 1. The van der Waals surface area contributed by atoms with Crippen molar-refractivity contribution in [2.24, 2.45) is 11.8 Å². The van der Waals surface area contributed by atoms with Crippen molar-refractivity contribution in [3.05, 3.63) is 65.7 Å². The van der Waals surface area contributed by atoms with Gasteiger partial charge in [-0.05, 0) is 17.7 Å². The molecule has 2 aliphatic rings. The fourth-order valence-electron chi connectivity index (χ4n) is 4.83. The summed E-state index contributed by atoms with van der Waals surface area (Å²) in [5.41, 5.74) is -0.329. The number of aromatic hydroxyl groups is 1. The van der Waals surface area contributed by atoms with Crippen LogP contribution in [0.2, 0.25) is 0 Å². The third kappa shape index (κ3) is 2.81. The predicted molar refractivity (Wildman–Crippen MR) is 99.8 cm³/mol. The van der Waals surface area contributed by atoms with Crippen LogP contribution in [0.25, 0.3) is 0 Å². The first-order valence-corrected chi connectivity index (χ1v) is 9.65. The number of carbonyl (C=O) groups is 3. The quantitative estimate of drug-likeness (QED) is 0.677. The van der Waals surface area contributed by atoms with Gasteiger partial charge in [0.2, 0.25) is 11.8 Å². The number of carboxylic acids is 1. The first-order chi connectivity index (χ1) is 13.9. The Balaban J connectivity index is 1.79. The summed E-state index contributed by atoms with van der Waals surface area (Å²) in [6, 6.07) is 14.9. The Kier molecular flexibility index (Phi) is 4.62. The first-order valence-electron chi connectivity index (χ1n) is 9.65. The second-order valence-electron chi connectivity index (χ2n) is 7.68. The molecule has 0 spiro atoms. The number of hydrogen-bond donors (Lipinski definition) is 2. The van der Waals surface area contributed by atoms with Gasteiger partial charge < -0.3 is 20.3 Å². The number of fused-ring (bicyclic) bond motifs is 1. The lowest BCUT2D eigenvalue weighted by molar-refractivity contribution is -0.739. The molecular formula is C22H22N2O5. The number of imide groups is 1. The third-order valence-electron chi connectivity index (χ3n) is 6.31. The minimum Gasteiger partial charge on any atom is -0.544 e. The van der Waals surface area contributed by atoms with Crippen LogP contribution in [0.1, 0.15) is 30.5 Å². The van der Waals surface area contributed by atoms with E-state index < -0.39 is 41.2 Å². The number of hydrogen-bond acceptors (Lipinski definition) is 5. The van der Waals surface area contributed by atoms with Gasteiger partial charge in [-0.25, -0.2) is 0 Å². The Morgan fingerprint density at radius 3 is 2.38 bits per heavy atom. The summed E-state index contributed by atoms with van der Waals surface area (Å²) < 4.78 is 0. The minimum atomic E-state index is -1.56. The normalized spacial score (nSPS) is 28.6. The summed E-state index contributed by atoms with van der Waals surface area (Å²) in [4.78, 5) is 39.9. The molecule has 0 radical (unpaired) electrons. The average molecular weight is 394 g/mol. The standard InChI is InChI=1S/C22H22N2O5/c1-2-22(21(28)29)17-16(18(23-22)14-10-6-7-11-15(14)25)19(26)24(20(17)27)12-13-8-4-3-5-9-13/h3-11,16-18,23,25H,2,12H2,1H3,(H,28,29)/t16-,17+,18-,22-/m0/s1. The maximum absolute atomic E-state index is 13.3. The Morgan fingerprint density at radius 2 is 1.76 bits per heavy atom. The van der Waals surface area contributed by atoms with Crippen molar-refractivity contribution in [3.63, 3.8) is 0 Å². The summed E-state index contributed by atoms with van der Waals surface area (Å²) in [6.07, 6.45) is 0.124. The van der Waals surface area contributed by atoms with Crippen molar-refractivity contribution >= 4 is 17.8 Å². The smallest absolute Gasteiger partial charge is 0.240 e. The number of amides is 2. The van der Waals surface area contributed by atoms with E-state index in [-0.39, 0.29) is 18.7 Å². The highest BCUT2D eigenvalue weighted by molar-refractivity contribution is 6.08. The lowest BCUT2D eigenvalue weighted by Crippen LogP contribution is -2.99. The molecule has 3 N–H and O–H groups in total. The van der Waals surface area contributed by atoms with Gasteiger partial charge in [-0.2, -0.15) is 0 Å². The molecule has 0 bridgehead atoms. The van der Waals surface area contributed by atoms with Gasteiger partial charge in [-0.15, -0.1) is 0 Å². The van der Waals surface area contributed by atoms with E-state index >= 15 is 0 Å². The number of rotatable bonds is 5. The summed E-state index contributed by atoms with van der Waals surface area (Å²) >= 11 is 0. The van der Waals surface area contributed by atoms with Gasteiger partial charge in [0.15, 0.2) is 0 Å². The second-order valence-corrected chi connectivity index (χ2v) is 7.68. The van der Waals surface area contributed by atoms with E-state index in [0.29, 0.717) is 5.56 Å². The molecule has 0 aromatic heterocycles. The minimum absolute atomic E-state index is 0.0282. The number of nitrogens with two attached hydrogens (primary N) is 1. The van der Waals surface area contributed by atoms with Crippen LogP contribution >= 0.6 is 0 Å². The van der Waals surface area contributed by atoms with Gasteiger partial charge in [0.25, 0.3) is 0 Å². The second kappa shape index (κ2) is 7.00. The Bertz CT molecular complexity index is 976. The van der Waals surface area contributed by atoms with Crippen LogP contribution in [0.5, 0.6) is 5.75 Å². The number of benzene rings is 2. The number of aliphatic carboxylic acids is 1. The fourth-order valence-corrected chi connectivity index (χ4v) is 4.83. The number of quaternary nitrogens is 1. The van der Waals surface area contributed by atoms with Crippen LogP contribution < -0.4 is 10.4 Å². The molecule has 0 unspecified atom stereocenters. The van der Waals surface area contributed by atoms with Crippen molar-refractivity contribution in [1.29, 1.82) is 0 Å². The molecule has 7 nitrogen and oxygen atoms in total. The largest absolute Gasteiger partial charge is 0.544 e. The van der Waals surface area contributed by atoms with Gasteiger partial charge in [0.1, 0.15) is 35.1 Å². The number of likely N-dealkylation sites (tertiary alicyclic amines) is 1. The monoisotopic (exact) mass is 394 g/mol. The van der Waals surface area contributed by atoms with Crippen LogP contribution in [0.15, 0.2) is 54.6 Å². The maximum atomic E-state index is 13.3. The molecule has 7 heteroatoms. The van der Waals surface area contributed by atoms with Gasteiger partial charge in [0, 0.05) is 6.42 Å². The highest BCUT2D eigenvalue weighted by atomic mass is 16.4. The average Bonchev–Trinajstić information content (AvgIpc) is 3.19. The van der Waals surface area contributed by atoms with Crippen molar-refractivity contribution in [1.82, 2.24) is 4.90 Å². The molecule has 29 heavy (non-hydrogen) atoms. The molecule has 2 saturated heterocycles. The summed E-state index contributed by atoms with van der Waals surface area (Å²) in [7, 11) is 0. The highest BCUT2D eigenvalue weighted by Gasteiger charge is 2.69. The molecule has 0 saturated carbocycles. The van der Waals surface area contributed by atoms with E-state index in [0.717, 1.165) is 10.5 Å². The van der Waals surface area contributed by atoms with Crippen molar-refractivity contribution in [3.8, 4) is 5.75 Å². The van der Waals surface area contributed by atoms with Crippen LogP contribution in [0.3, 0.4) is 0 Å². The van der Waals surface area contributed by atoms with Crippen LogP contribution in [0.4, 0.5) is 0 Å². The molecule has 0 aliphatic carbocycles. The SMILES string of the molecule is CC[C@]1(C(=O)[O-])[NH2+][C@@H](c2ccccc2O)[C@H]2C(=O)N(Cc3ccccc3)C(=O)[C@@H]21. The number of carboxylic acid groups (broad SMARTS) is 1. The van der Waals surface area contributed by atoms with E-state index in [9.17, 15) is 24.6 Å². The van der Waals surface area contributed by atoms with Crippen LogP contribution in [-0.4, -0.2) is 33.3 Å².